The van der Waals surface area contributed by atoms with Gasteiger partial charge < -0.3 is 14.8 Å². The first-order valence-corrected chi connectivity index (χ1v) is 4.79. The molecule has 0 saturated carbocycles. The van der Waals surface area contributed by atoms with E-state index in [4.69, 9.17) is 9.52 Å². The Balaban J connectivity index is 2.25. The van der Waals surface area contributed by atoms with Gasteiger partial charge in [0.2, 0.25) is 0 Å². The van der Waals surface area contributed by atoms with Crippen LogP contribution in [-0.4, -0.2) is 24.2 Å². The van der Waals surface area contributed by atoms with Crippen LogP contribution in [0.25, 0.3) is 0 Å². The Hall–Kier alpha value is -0.460. The fourth-order valence-electron chi connectivity index (χ4n) is 0.874. The first-order chi connectivity index (χ1) is 6.61. The van der Waals surface area contributed by atoms with Crippen LogP contribution in [0.4, 0.5) is 8.78 Å². The predicted molar refractivity (Wildman–Crippen MR) is 50.1 cm³/mol. The van der Waals surface area contributed by atoms with Gasteiger partial charge in [-0.25, -0.2) is 8.78 Å². The number of halogens is 3. The number of aliphatic hydroxyl groups is 1. The summed E-state index contributed by atoms with van der Waals surface area (Å²) in [5, 5.41) is 11.4. The largest absolute Gasteiger partial charge is 0.467 e. The van der Waals surface area contributed by atoms with E-state index in [-0.39, 0.29) is 6.54 Å². The van der Waals surface area contributed by atoms with E-state index in [2.05, 4.69) is 21.2 Å². The van der Waals surface area contributed by atoms with Crippen LogP contribution in [-0.2, 0) is 6.54 Å². The van der Waals surface area contributed by atoms with Gasteiger partial charge >= 0.3 is 0 Å². The van der Waals surface area contributed by atoms with Crippen molar-refractivity contribution in [3.8, 4) is 0 Å². The molecule has 0 saturated heterocycles. The number of nitrogens with one attached hydrogen (secondary N) is 1. The molecule has 1 aromatic heterocycles. The molecule has 0 radical (unpaired) electrons. The van der Waals surface area contributed by atoms with Gasteiger partial charge in [-0.1, -0.05) is 0 Å². The maximum absolute atomic E-state index is 11.9. The van der Waals surface area contributed by atoms with Crippen molar-refractivity contribution in [2.24, 2.45) is 0 Å². The third-order valence-electron chi connectivity index (χ3n) is 1.62. The standard InChI is InChI=1S/C8H10BrF2NO2/c9-5-1-2-14-7(5)4-12-3-6(13)8(10)11/h1-2,6,8,12-13H,3-4H2. The van der Waals surface area contributed by atoms with Crippen molar-refractivity contribution in [1.29, 1.82) is 0 Å². The topological polar surface area (TPSA) is 45.4 Å². The summed E-state index contributed by atoms with van der Waals surface area (Å²) in [6.45, 7) is 0.141. The molecule has 0 aliphatic heterocycles. The molecule has 6 heteroatoms. The Morgan fingerprint density at radius 3 is 2.79 bits per heavy atom. The van der Waals surface area contributed by atoms with Crippen molar-refractivity contribution in [3.63, 3.8) is 0 Å². The second-order valence-corrected chi connectivity index (χ2v) is 3.58. The van der Waals surface area contributed by atoms with E-state index in [0.29, 0.717) is 12.3 Å². The third-order valence-corrected chi connectivity index (χ3v) is 2.33. The molecule has 2 N–H and O–H groups in total. The molecule has 1 atom stereocenters. The van der Waals surface area contributed by atoms with E-state index in [1.807, 2.05) is 0 Å². The molecule has 1 aromatic rings. The number of furan rings is 1. The minimum absolute atomic E-state index is 0.162. The van der Waals surface area contributed by atoms with E-state index >= 15 is 0 Å². The zero-order valence-corrected chi connectivity index (χ0v) is 8.80. The summed E-state index contributed by atoms with van der Waals surface area (Å²) >= 11 is 3.22. The highest BCUT2D eigenvalue weighted by Gasteiger charge is 2.16. The molecule has 14 heavy (non-hydrogen) atoms. The Kier molecular flexibility index (Phi) is 4.50. The van der Waals surface area contributed by atoms with Gasteiger partial charge in [-0.15, -0.1) is 0 Å². The monoisotopic (exact) mass is 269 g/mol. The molecular weight excluding hydrogens is 260 g/mol. The van der Waals surface area contributed by atoms with Gasteiger partial charge in [0.25, 0.3) is 6.43 Å². The molecule has 0 bridgehead atoms. The summed E-state index contributed by atoms with van der Waals surface area (Å²) in [5.41, 5.74) is 0. The quantitative estimate of drug-likeness (QED) is 0.856. The van der Waals surface area contributed by atoms with Gasteiger partial charge in [0.15, 0.2) is 0 Å². The van der Waals surface area contributed by atoms with Crippen molar-refractivity contribution < 1.29 is 18.3 Å². The summed E-state index contributed by atoms with van der Waals surface area (Å²) in [4.78, 5) is 0. The van der Waals surface area contributed by atoms with Gasteiger partial charge in [-0.2, -0.15) is 0 Å². The van der Waals surface area contributed by atoms with E-state index in [1.54, 1.807) is 6.07 Å². The lowest BCUT2D eigenvalue weighted by Crippen LogP contribution is -2.31. The summed E-state index contributed by atoms with van der Waals surface area (Å²) in [5.74, 6) is 0.617. The van der Waals surface area contributed by atoms with Crippen LogP contribution in [0.2, 0.25) is 0 Å². The minimum Gasteiger partial charge on any atom is -0.467 e. The smallest absolute Gasteiger partial charge is 0.265 e. The molecule has 0 fully saturated rings. The zero-order chi connectivity index (χ0) is 10.6. The number of hydrogen-bond acceptors (Lipinski definition) is 3. The predicted octanol–water partition coefficient (Wildman–Crippen LogP) is 1.76. The van der Waals surface area contributed by atoms with Crippen molar-refractivity contribution in [1.82, 2.24) is 5.32 Å². The second kappa shape index (κ2) is 5.43. The van der Waals surface area contributed by atoms with Gasteiger partial charge in [0.1, 0.15) is 11.9 Å². The first kappa shape index (κ1) is 11.6. The second-order valence-electron chi connectivity index (χ2n) is 2.72. The van der Waals surface area contributed by atoms with Gasteiger partial charge in [0, 0.05) is 6.54 Å². The molecule has 0 aliphatic carbocycles. The van der Waals surface area contributed by atoms with Crippen molar-refractivity contribution in [2.45, 2.75) is 19.1 Å². The van der Waals surface area contributed by atoms with Crippen molar-refractivity contribution in [3.05, 3.63) is 22.6 Å². The zero-order valence-electron chi connectivity index (χ0n) is 7.21. The Labute approximate surface area is 88.2 Å². The van der Waals surface area contributed by atoms with Crippen LogP contribution >= 0.6 is 15.9 Å². The van der Waals surface area contributed by atoms with E-state index < -0.39 is 12.5 Å². The molecule has 3 nitrogen and oxygen atoms in total. The molecule has 1 heterocycles. The summed E-state index contributed by atoms with van der Waals surface area (Å²) in [7, 11) is 0. The van der Waals surface area contributed by atoms with Gasteiger partial charge in [-0.05, 0) is 22.0 Å². The Morgan fingerprint density at radius 2 is 2.29 bits per heavy atom. The number of alkyl halides is 2. The average Bonchev–Trinajstić information content (AvgIpc) is 2.51. The van der Waals surface area contributed by atoms with Gasteiger partial charge in [-0.3, -0.25) is 0 Å². The van der Waals surface area contributed by atoms with Crippen LogP contribution in [0.1, 0.15) is 5.76 Å². The fraction of sp³-hybridized carbons (Fsp3) is 0.500. The van der Waals surface area contributed by atoms with E-state index in [9.17, 15) is 8.78 Å². The molecular formula is C8H10BrF2NO2. The molecule has 0 aliphatic rings. The third kappa shape index (κ3) is 3.36. The van der Waals surface area contributed by atoms with Crippen LogP contribution in [0, 0.1) is 0 Å². The molecule has 0 aromatic carbocycles. The molecule has 1 unspecified atom stereocenters. The van der Waals surface area contributed by atoms with Gasteiger partial charge in [0.05, 0.1) is 17.3 Å². The van der Waals surface area contributed by atoms with Crippen molar-refractivity contribution in [2.75, 3.05) is 6.54 Å². The highest BCUT2D eigenvalue weighted by molar-refractivity contribution is 9.10. The molecule has 0 amide bonds. The maximum atomic E-state index is 11.9. The van der Waals surface area contributed by atoms with Crippen LogP contribution < -0.4 is 5.32 Å². The minimum atomic E-state index is -2.72. The van der Waals surface area contributed by atoms with Crippen molar-refractivity contribution >= 4 is 15.9 Å². The lowest BCUT2D eigenvalue weighted by molar-refractivity contribution is -0.00360. The SMILES string of the molecule is OC(CNCc1occc1Br)C(F)F. The van der Waals surface area contributed by atoms with E-state index in [0.717, 1.165) is 4.47 Å². The maximum Gasteiger partial charge on any atom is 0.265 e. The number of rotatable bonds is 5. The summed E-state index contributed by atoms with van der Waals surface area (Å²) in [6, 6.07) is 1.71. The first-order valence-electron chi connectivity index (χ1n) is 4.00. The molecule has 0 spiro atoms. The average molecular weight is 270 g/mol. The molecule has 80 valence electrons. The summed E-state index contributed by atoms with van der Waals surface area (Å²) < 4.78 is 29.5. The van der Waals surface area contributed by atoms with Crippen LogP contribution in [0.3, 0.4) is 0 Å². The Bertz CT molecular complexity index is 280. The number of aliphatic hydroxyl groups excluding tert-OH is 1. The van der Waals surface area contributed by atoms with Crippen LogP contribution in [0.15, 0.2) is 21.2 Å². The normalized spacial score (nSPS) is 13.5. The molecule has 1 rings (SSSR count). The lowest BCUT2D eigenvalue weighted by Gasteiger charge is -2.09. The highest BCUT2D eigenvalue weighted by atomic mass is 79.9. The van der Waals surface area contributed by atoms with Crippen LogP contribution in [0.5, 0.6) is 0 Å². The number of hydrogen-bond donors (Lipinski definition) is 2. The van der Waals surface area contributed by atoms with E-state index in [1.165, 1.54) is 6.26 Å². The summed E-state index contributed by atoms with van der Waals surface area (Å²) in [6.07, 6.45) is -2.86. The lowest BCUT2D eigenvalue weighted by atomic mass is 10.3. The highest BCUT2D eigenvalue weighted by Crippen LogP contribution is 2.16. The Morgan fingerprint density at radius 1 is 1.57 bits per heavy atom. The fourth-order valence-corrected chi connectivity index (χ4v) is 1.22.